The summed E-state index contributed by atoms with van der Waals surface area (Å²) in [6.07, 6.45) is 4.53. The van der Waals surface area contributed by atoms with Crippen LogP contribution >= 0.6 is 0 Å². The third kappa shape index (κ3) is 4.32. The Balaban J connectivity index is 1.73. The molecule has 0 radical (unpaired) electrons. The van der Waals surface area contributed by atoms with Crippen molar-refractivity contribution in [1.29, 1.82) is 0 Å². The Hall–Kier alpha value is -3.41. The first-order valence-corrected chi connectivity index (χ1v) is 7.72. The standard InChI is InChI=1S/C19H17N3O3/c1-13-18(22-17(23)11-10-15-9-6-12-24-15)14(2)21-19(20-13)25-16-7-4-3-5-8-16/h3-12H,1-2H3,(H,22,23)/b11-10+. The fourth-order valence-corrected chi connectivity index (χ4v) is 2.21. The third-order valence-corrected chi connectivity index (χ3v) is 3.39. The van der Waals surface area contributed by atoms with Gasteiger partial charge in [0.05, 0.1) is 23.3 Å². The summed E-state index contributed by atoms with van der Waals surface area (Å²) in [5, 5.41) is 2.78. The highest BCUT2D eigenvalue weighted by Gasteiger charge is 2.11. The molecular formula is C19H17N3O3. The quantitative estimate of drug-likeness (QED) is 0.709. The Morgan fingerprint density at radius 3 is 2.44 bits per heavy atom. The fourth-order valence-electron chi connectivity index (χ4n) is 2.21. The first kappa shape index (κ1) is 16.4. The lowest BCUT2D eigenvalue weighted by molar-refractivity contribution is -0.111. The average molecular weight is 335 g/mol. The van der Waals surface area contributed by atoms with Crippen molar-refractivity contribution in [1.82, 2.24) is 9.97 Å². The molecule has 6 nitrogen and oxygen atoms in total. The van der Waals surface area contributed by atoms with Gasteiger partial charge in [-0.1, -0.05) is 18.2 Å². The van der Waals surface area contributed by atoms with E-state index in [1.54, 1.807) is 38.3 Å². The van der Waals surface area contributed by atoms with Crippen molar-refractivity contribution in [3.8, 4) is 11.8 Å². The number of nitrogens with one attached hydrogen (secondary N) is 1. The lowest BCUT2D eigenvalue weighted by Gasteiger charge is -2.11. The zero-order valence-corrected chi connectivity index (χ0v) is 13.9. The lowest BCUT2D eigenvalue weighted by Crippen LogP contribution is -2.12. The van der Waals surface area contributed by atoms with Gasteiger partial charge in [-0.3, -0.25) is 4.79 Å². The summed E-state index contributed by atoms with van der Waals surface area (Å²) in [6, 6.07) is 13.0. The second kappa shape index (κ2) is 7.44. The molecule has 126 valence electrons. The molecule has 0 atom stereocenters. The van der Waals surface area contributed by atoms with Gasteiger partial charge in [-0.05, 0) is 44.2 Å². The molecule has 1 amide bonds. The number of furan rings is 1. The highest BCUT2D eigenvalue weighted by Crippen LogP contribution is 2.23. The van der Waals surface area contributed by atoms with Gasteiger partial charge in [-0.2, -0.15) is 9.97 Å². The molecule has 2 aromatic heterocycles. The molecule has 3 aromatic rings. The third-order valence-electron chi connectivity index (χ3n) is 3.39. The van der Waals surface area contributed by atoms with E-state index in [0.29, 0.717) is 28.6 Å². The SMILES string of the molecule is Cc1nc(Oc2ccccc2)nc(C)c1NC(=O)/C=C/c1ccco1. The van der Waals surface area contributed by atoms with Crippen LogP contribution in [0.15, 0.2) is 59.2 Å². The monoisotopic (exact) mass is 335 g/mol. The number of carbonyl (C=O) groups is 1. The summed E-state index contributed by atoms with van der Waals surface area (Å²) in [5.74, 6) is 0.967. The van der Waals surface area contributed by atoms with Crippen LogP contribution in [0.4, 0.5) is 5.69 Å². The van der Waals surface area contributed by atoms with Crippen molar-refractivity contribution in [3.05, 3.63) is 72.0 Å². The number of para-hydroxylation sites is 1. The van der Waals surface area contributed by atoms with Gasteiger partial charge in [0.2, 0.25) is 5.91 Å². The van der Waals surface area contributed by atoms with E-state index in [4.69, 9.17) is 9.15 Å². The van der Waals surface area contributed by atoms with Gasteiger partial charge in [-0.15, -0.1) is 0 Å². The molecule has 0 aliphatic carbocycles. The summed E-state index contributed by atoms with van der Waals surface area (Å²) in [6.45, 7) is 3.58. The molecule has 0 saturated heterocycles. The molecule has 0 aliphatic rings. The Labute approximate surface area is 145 Å². The zero-order valence-electron chi connectivity index (χ0n) is 13.9. The molecule has 3 rings (SSSR count). The summed E-state index contributed by atoms with van der Waals surface area (Å²) < 4.78 is 10.8. The summed E-state index contributed by atoms with van der Waals surface area (Å²) >= 11 is 0. The molecule has 2 heterocycles. The van der Waals surface area contributed by atoms with E-state index in [1.807, 2.05) is 30.3 Å². The van der Waals surface area contributed by atoms with Crippen LogP contribution in [-0.2, 0) is 4.79 Å². The van der Waals surface area contributed by atoms with Crippen molar-refractivity contribution in [2.24, 2.45) is 0 Å². The largest absolute Gasteiger partial charge is 0.465 e. The zero-order chi connectivity index (χ0) is 17.6. The van der Waals surface area contributed by atoms with Gasteiger partial charge >= 0.3 is 6.01 Å². The number of hydrogen-bond acceptors (Lipinski definition) is 5. The van der Waals surface area contributed by atoms with Gasteiger partial charge < -0.3 is 14.5 Å². The average Bonchev–Trinajstić information content (AvgIpc) is 3.11. The van der Waals surface area contributed by atoms with Crippen molar-refractivity contribution in [2.45, 2.75) is 13.8 Å². The molecule has 0 spiro atoms. The number of aryl methyl sites for hydroxylation is 2. The minimum absolute atomic E-state index is 0.241. The Bertz CT molecular complexity index is 865. The minimum atomic E-state index is -0.289. The molecule has 25 heavy (non-hydrogen) atoms. The van der Waals surface area contributed by atoms with Gasteiger partial charge in [0.1, 0.15) is 11.5 Å². The fraction of sp³-hybridized carbons (Fsp3) is 0.105. The second-order valence-electron chi connectivity index (χ2n) is 5.31. The maximum Gasteiger partial charge on any atom is 0.322 e. The van der Waals surface area contributed by atoms with E-state index >= 15 is 0 Å². The summed E-state index contributed by atoms with van der Waals surface area (Å²) in [5.41, 5.74) is 1.81. The maximum atomic E-state index is 12.1. The van der Waals surface area contributed by atoms with Crippen LogP contribution < -0.4 is 10.1 Å². The maximum absolute atomic E-state index is 12.1. The number of carbonyl (C=O) groups excluding carboxylic acids is 1. The predicted molar refractivity (Wildman–Crippen MR) is 94.4 cm³/mol. The first-order valence-electron chi connectivity index (χ1n) is 7.72. The highest BCUT2D eigenvalue weighted by molar-refractivity contribution is 6.02. The van der Waals surface area contributed by atoms with E-state index in [1.165, 1.54) is 6.08 Å². The van der Waals surface area contributed by atoms with Gasteiger partial charge in [0.15, 0.2) is 0 Å². The number of anilines is 1. The molecule has 0 saturated carbocycles. The molecule has 0 aliphatic heterocycles. The molecule has 0 bridgehead atoms. The number of benzene rings is 1. The van der Waals surface area contributed by atoms with Gasteiger partial charge in [0, 0.05) is 6.08 Å². The van der Waals surface area contributed by atoms with Crippen LogP contribution in [0.5, 0.6) is 11.8 Å². The summed E-state index contributed by atoms with van der Waals surface area (Å²) in [4.78, 5) is 20.7. The number of ether oxygens (including phenoxy) is 1. The lowest BCUT2D eigenvalue weighted by atomic mass is 10.2. The molecular weight excluding hydrogens is 318 g/mol. The molecule has 1 N–H and O–H groups in total. The Kier molecular flexibility index (Phi) is 4.89. The van der Waals surface area contributed by atoms with Gasteiger partial charge in [-0.25, -0.2) is 0 Å². The number of nitrogens with zero attached hydrogens (tertiary/aromatic N) is 2. The van der Waals surface area contributed by atoms with Crippen LogP contribution in [0.25, 0.3) is 6.08 Å². The molecule has 0 fully saturated rings. The van der Waals surface area contributed by atoms with E-state index < -0.39 is 0 Å². The topological polar surface area (TPSA) is 77.3 Å². The second-order valence-corrected chi connectivity index (χ2v) is 5.31. The number of rotatable bonds is 5. The van der Waals surface area contributed by atoms with Crippen molar-refractivity contribution < 1.29 is 13.9 Å². The van der Waals surface area contributed by atoms with Crippen molar-refractivity contribution in [2.75, 3.05) is 5.32 Å². The van der Waals surface area contributed by atoms with Gasteiger partial charge in [0.25, 0.3) is 0 Å². The van der Waals surface area contributed by atoms with E-state index in [0.717, 1.165) is 0 Å². The predicted octanol–water partition coefficient (Wildman–Crippen LogP) is 4.13. The molecule has 0 unspecified atom stereocenters. The van der Waals surface area contributed by atoms with E-state index in [2.05, 4.69) is 15.3 Å². The van der Waals surface area contributed by atoms with Crippen LogP contribution in [0.2, 0.25) is 0 Å². The molecule has 6 heteroatoms. The summed E-state index contributed by atoms with van der Waals surface area (Å²) in [7, 11) is 0. The van der Waals surface area contributed by atoms with Crippen LogP contribution in [0.1, 0.15) is 17.1 Å². The smallest absolute Gasteiger partial charge is 0.322 e. The van der Waals surface area contributed by atoms with Crippen LogP contribution in [-0.4, -0.2) is 15.9 Å². The van der Waals surface area contributed by atoms with E-state index in [-0.39, 0.29) is 11.9 Å². The van der Waals surface area contributed by atoms with Crippen molar-refractivity contribution in [3.63, 3.8) is 0 Å². The number of hydrogen-bond donors (Lipinski definition) is 1. The van der Waals surface area contributed by atoms with Crippen LogP contribution in [0.3, 0.4) is 0 Å². The number of aromatic nitrogens is 2. The Morgan fingerprint density at radius 2 is 1.80 bits per heavy atom. The van der Waals surface area contributed by atoms with E-state index in [9.17, 15) is 4.79 Å². The van der Waals surface area contributed by atoms with Crippen LogP contribution in [0, 0.1) is 13.8 Å². The highest BCUT2D eigenvalue weighted by atomic mass is 16.5. The Morgan fingerprint density at radius 1 is 1.08 bits per heavy atom. The molecule has 1 aromatic carbocycles. The first-order chi connectivity index (χ1) is 12.1. The normalized spacial score (nSPS) is 10.8. The number of amides is 1. The van der Waals surface area contributed by atoms with Crippen molar-refractivity contribution >= 4 is 17.7 Å². The minimum Gasteiger partial charge on any atom is -0.465 e.